The molecule has 0 N–H and O–H groups in total. The lowest BCUT2D eigenvalue weighted by Crippen LogP contribution is -2.38. The molecule has 0 atom stereocenters. The molecule has 156 valence electrons. The number of hydrogen-bond donors (Lipinski definition) is 0. The van der Waals surface area contributed by atoms with Crippen LogP contribution in [0.2, 0.25) is 5.02 Å². The fourth-order valence-electron chi connectivity index (χ4n) is 4.04. The summed E-state index contributed by atoms with van der Waals surface area (Å²) in [5, 5.41) is 0.482. The third-order valence-corrected chi connectivity index (χ3v) is 5.91. The number of ether oxygens (including phenoxy) is 1. The molecule has 2 heterocycles. The van der Waals surface area contributed by atoms with Crippen molar-refractivity contribution in [2.45, 2.75) is 26.7 Å². The Bertz CT molecular complexity index is 992. The molecule has 2 amide bonds. The third kappa shape index (κ3) is 3.82. The first-order valence-corrected chi connectivity index (χ1v) is 10.7. The Kier molecular flexibility index (Phi) is 5.82. The Labute approximate surface area is 181 Å². The minimum Gasteiger partial charge on any atom is -0.494 e. The first-order valence-electron chi connectivity index (χ1n) is 10.4. The summed E-state index contributed by atoms with van der Waals surface area (Å²) in [6, 6.07) is 14.2. The Morgan fingerprint density at radius 1 is 1.03 bits per heavy atom. The van der Waals surface area contributed by atoms with Crippen molar-refractivity contribution in [2.24, 2.45) is 5.92 Å². The van der Waals surface area contributed by atoms with E-state index in [1.807, 2.05) is 31.2 Å². The van der Waals surface area contributed by atoms with Crippen LogP contribution >= 0.6 is 11.6 Å². The smallest absolute Gasteiger partial charge is 0.282 e. The number of halogens is 1. The molecule has 1 saturated heterocycles. The van der Waals surface area contributed by atoms with Gasteiger partial charge in [-0.2, -0.15) is 0 Å². The van der Waals surface area contributed by atoms with E-state index in [2.05, 4.69) is 11.8 Å². The second-order valence-electron chi connectivity index (χ2n) is 7.78. The number of carbonyl (C=O) groups is 2. The van der Waals surface area contributed by atoms with Crippen LogP contribution in [0.15, 0.2) is 54.2 Å². The van der Waals surface area contributed by atoms with Gasteiger partial charge < -0.3 is 9.64 Å². The van der Waals surface area contributed by atoms with Gasteiger partial charge in [-0.05, 0) is 61.6 Å². The van der Waals surface area contributed by atoms with Gasteiger partial charge in [0.2, 0.25) is 0 Å². The summed E-state index contributed by atoms with van der Waals surface area (Å²) in [5.41, 5.74) is 2.13. The van der Waals surface area contributed by atoms with Gasteiger partial charge in [-0.15, -0.1) is 0 Å². The van der Waals surface area contributed by atoms with E-state index in [0.717, 1.165) is 37.2 Å². The lowest BCUT2D eigenvalue weighted by Gasteiger charge is -2.32. The van der Waals surface area contributed by atoms with Crippen LogP contribution < -0.4 is 9.64 Å². The van der Waals surface area contributed by atoms with Gasteiger partial charge in [0.05, 0.1) is 17.9 Å². The SMILES string of the molecule is CCOc1ccc(C2=C(N3CCC(C)CC3)C(=O)N(c3cccc(Cl)c3)C2=O)cc1. The number of likely N-dealkylation sites (tertiary alicyclic amines) is 1. The largest absolute Gasteiger partial charge is 0.494 e. The number of hydrogen-bond acceptors (Lipinski definition) is 4. The quantitative estimate of drug-likeness (QED) is 0.649. The molecular formula is C24H25ClN2O3. The minimum atomic E-state index is -0.319. The molecular weight excluding hydrogens is 400 g/mol. The van der Waals surface area contributed by atoms with Crippen LogP contribution in [-0.2, 0) is 9.59 Å². The molecule has 6 heteroatoms. The van der Waals surface area contributed by atoms with Gasteiger partial charge in [0.1, 0.15) is 11.4 Å². The maximum atomic E-state index is 13.5. The Hall–Kier alpha value is -2.79. The number of anilines is 1. The van der Waals surface area contributed by atoms with Crippen molar-refractivity contribution in [3.8, 4) is 5.75 Å². The normalized spacial score (nSPS) is 17.8. The molecule has 4 rings (SSSR count). The molecule has 0 aliphatic carbocycles. The molecule has 5 nitrogen and oxygen atoms in total. The molecule has 0 spiro atoms. The topological polar surface area (TPSA) is 49.9 Å². The first kappa shape index (κ1) is 20.5. The molecule has 30 heavy (non-hydrogen) atoms. The van der Waals surface area contributed by atoms with Crippen molar-refractivity contribution in [1.29, 1.82) is 0 Å². The lowest BCUT2D eigenvalue weighted by molar-refractivity contribution is -0.120. The molecule has 2 aliphatic heterocycles. The summed E-state index contributed by atoms with van der Waals surface area (Å²) in [6.45, 7) is 6.24. The van der Waals surface area contributed by atoms with Crippen molar-refractivity contribution in [3.05, 3.63) is 64.8 Å². The van der Waals surface area contributed by atoms with Crippen molar-refractivity contribution in [3.63, 3.8) is 0 Å². The van der Waals surface area contributed by atoms with E-state index in [1.54, 1.807) is 24.3 Å². The molecule has 0 radical (unpaired) electrons. The molecule has 0 aromatic heterocycles. The fraction of sp³-hybridized carbons (Fsp3) is 0.333. The molecule has 2 aromatic rings. The Balaban J connectivity index is 1.77. The number of amides is 2. The summed E-state index contributed by atoms with van der Waals surface area (Å²) in [5.74, 6) is 0.742. The monoisotopic (exact) mass is 424 g/mol. The van der Waals surface area contributed by atoms with Gasteiger partial charge in [0.15, 0.2) is 0 Å². The van der Waals surface area contributed by atoms with Gasteiger partial charge in [-0.3, -0.25) is 9.59 Å². The summed E-state index contributed by atoms with van der Waals surface area (Å²) >= 11 is 6.13. The number of nitrogens with zero attached hydrogens (tertiary/aromatic N) is 2. The number of rotatable bonds is 5. The number of imide groups is 1. The van der Waals surface area contributed by atoms with Gasteiger partial charge in [-0.1, -0.05) is 36.7 Å². The Morgan fingerprint density at radius 3 is 2.37 bits per heavy atom. The number of benzene rings is 2. The highest BCUT2D eigenvalue weighted by molar-refractivity contribution is 6.45. The van der Waals surface area contributed by atoms with Gasteiger partial charge in [-0.25, -0.2) is 4.90 Å². The highest BCUT2D eigenvalue weighted by atomic mass is 35.5. The van der Waals surface area contributed by atoms with Crippen LogP contribution in [0.3, 0.4) is 0 Å². The maximum absolute atomic E-state index is 13.5. The van der Waals surface area contributed by atoms with E-state index in [4.69, 9.17) is 16.3 Å². The highest BCUT2D eigenvalue weighted by Crippen LogP contribution is 2.37. The Morgan fingerprint density at radius 2 is 1.73 bits per heavy atom. The van der Waals surface area contributed by atoms with Crippen LogP contribution in [0, 0.1) is 5.92 Å². The number of carbonyl (C=O) groups excluding carboxylic acids is 2. The van der Waals surface area contributed by atoms with E-state index in [9.17, 15) is 9.59 Å². The van der Waals surface area contributed by atoms with Crippen molar-refractivity contribution >= 4 is 34.7 Å². The van der Waals surface area contributed by atoms with Crippen LogP contribution in [0.25, 0.3) is 5.57 Å². The molecule has 0 unspecified atom stereocenters. The van der Waals surface area contributed by atoms with Crippen LogP contribution in [0.4, 0.5) is 5.69 Å². The first-order chi connectivity index (χ1) is 14.5. The predicted molar refractivity (Wildman–Crippen MR) is 118 cm³/mol. The van der Waals surface area contributed by atoms with E-state index in [-0.39, 0.29) is 11.8 Å². The zero-order valence-electron chi connectivity index (χ0n) is 17.2. The summed E-state index contributed by atoms with van der Waals surface area (Å²) in [7, 11) is 0. The van der Waals surface area contributed by atoms with Crippen molar-refractivity contribution in [1.82, 2.24) is 4.90 Å². The summed E-state index contributed by atoms with van der Waals surface area (Å²) < 4.78 is 5.53. The van der Waals surface area contributed by atoms with E-state index >= 15 is 0 Å². The zero-order chi connectivity index (χ0) is 21.3. The lowest BCUT2D eigenvalue weighted by atomic mass is 9.97. The molecule has 0 bridgehead atoms. The fourth-order valence-corrected chi connectivity index (χ4v) is 4.22. The number of piperidine rings is 1. The van der Waals surface area contributed by atoms with E-state index in [1.165, 1.54) is 4.90 Å². The van der Waals surface area contributed by atoms with E-state index in [0.29, 0.717) is 34.5 Å². The van der Waals surface area contributed by atoms with Crippen LogP contribution in [0.5, 0.6) is 5.75 Å². The third-order valence-electron chi connectivity index (χ3n) is 5.68. The molecule has 0 saturated carbocycles. The zero-order valence-corrected chi connectivity index (χ0v) is 18.0. The predicted octanol–water partition coefficient (Wildman–Crippen LogP) is 4.76. The highest BCUT2D eigenvalue weighted by Gasteiger charge is 2.43. The van der Waals surface area contributed by atoms with Crippen LogP contribution in [0.1, 0.15) is 32.3 Å². The van der Waals surface area contributed by atoms with Gasteiger partial charge >= 0.3 is 0 Å². The van der Waals surface area contributed by atoms with Crippen LogP contribution in [-0.4, -0.2) is 36.4 Å². The minimum absolute atomic E-state index is 0.291. The summed E-state index contributed by atoms with van der Waals surface area (Å²) in [4.78, 5) is 30.3. The van der Waals surface area contributed by atoms with Gasteiger partial charge in [0, 0.05) is 18.1 Å². The standard InChI is InChI=1S/C24H25ClN2O3/c1-3-30-20-9-7-17(8-10-20)21-22(26-13-11-16(2)12-14-26)24(29)27(23(21)28)19-6-4-5-18(25)15-19/h4-10,15-16H,3,11-14H2,1-2H3. The second kappa shape index (κ2) is 8.52. The van der Waals surface area contributed by atoms with Gasteiger partial charge in [0.25, 0.3) is 11.8 Å². The maximum Gasteiger partial charge on any atom is 0.282 e. The average Bonchev–Trinajstić information content (AvgIpc) is 3.00. The van der Waals surface area contributed by atoms with E-state index < -0.39 is 0 Å². The molecule has 2 aromatic carbocycles. The second-order valence-corrected chi connectivity index (χ2v) is 8.21. The van der Waals surface area contributed by atoms with Crippen molar-refractivity contribution in [2.75, 3.05) is 24.6 Å². The molecule has 2 aliphatic rings. The summed E-state index contributed by atoms with van der Waals surface area (Å²) in [6.07, 6.45) is 2.00. The van der Waals surface area contributed by atoms with Crippen molar-refractivity contribution < 1.29 is 14.3 Å². The average molecular weight is 425 g/mol. The molecule has 1 fully saturated rings.